The van der Waals surface area contributed by atoms with Crippen LogP contribution in [0.15, 0.2) is 66.7 Å². The van der Waals surface area contributed by atoms with Crippen molar-refractivity contribution in [2.24, 2.45) is 0 Å². The summed E-state index contributed by atoms with van der Waals surface area (Å²) in [6.07, 6.45) is 2.95. The maximum atomic E-state index is 14.4. The summed E-state index contributed by atoms with van der Waals surface area (Å²) in [6.45, 7) is 2.86. The molecule has 0 aliphatic carbocycles. The van der Waals surface area contributed by atoms with Gasteiger partial charge in [0.15, 0.2) is 11.6 Å². The van der Waals surface area contributed by atoms with Gasteiger partial charge in [-0.3, -0.25) is 4.79 Å². The molecular formula is C28H28ClF3N2O. The van der Waals surface area contributed by atoms with Gasteiger partial charge in [0.1, 0.15) is 5.82 Å². The molecular weight excluding hydrogens is 473 g/mol. The van der Waals surface area contributed by atoms with Crippen molar-refractivity contribution in [1.29, 1.82) is 0 Å². The Hall–Kier alpha value is -2.83. The summed E-state index contributed by atoms with van der Waals surface area (Å²) in [7, 11) is 0. The molecule has 0 aromatic heterocycles. The van der Waals surface area contributed by atoms with E-state index in [1.54, 1.807) is 4.90 Å². The Balaban J connectivity index is 1.43. The maximum absolute atomic E-state index is 14.4. The summed E-state index contributed by atoms with van der Waals surface area (Å²) in [5, 5.41) is 0.715. The standard InChI is InChI=1S/C28H28ClF3N2O/c29-22-8-6-21(7-9-22)10-14-33-15-12-23(13-16-33)34(17-11-20-4-2-1-3-5-20)28(35)24-18-26(31)27(32)19-25(24)30/h1-9,18-19,23H,10-17H2. The molecule has 1 aliphatic rings. The number of halogens is 4. The average molecular weight is 501 g/mol. The lowest BCUT2D eigenvalue weighted by Crippen LogP contribution is -2.48. The van der Waals surface area contributed by atoms with Gasteiger partial charge in [-0.05, 0) is 55.0 Å². The Labute approximate surface area is 209 Å². The highest BCUT2D eigenvalue weighted by atomic mass is 35.5. The van der Waals surface area contributed by atoms with Gasteiger partial charge in [0.2, 0.25) is 0 Å². The first kappa shape index (κ1) is 25.3. The minimum absolute atomic E-state index is 0.106. The lowest BCUT2D eigenvalue weighted by Gasteiger charge is -2.39. The Morgan fingerprint density at radius 3 is 2.17 bits per heavy atom. The van der Waals surface area contributed by atoms with Crippen molar-refractivity contribution in [2.75, 3.05) is 26.2 Å². The fourth-order valence-corrected chi connectivity index (χ4v) is 4.70. The number of nitrogens with zero attached hydrogens (tertiary/aromatic N) is 2. The second kappa shape index (κ2) is 11.7. The van der Waals surface area contributed by atoms with E-state index in [0.29, 0.717) is 30.1 Å². The van der Waals surface area contributed by atoms with Crippen molar-refractivity contribution in [3.8, 4) is 0 Å². The van der Waals surface area contributed by atoms with E-state index in [-0.39, 0.29) is 6.04 Å². The third-order valence-corrected chi connectivity index (χ3v) is 6.87. The van der Waals surface area contributed by atoms with Crippen LogP contribution in [-0.4, -0.2) is 47.9 Å². The number of hydrogen-bond donors (Lipinski definition) is 0. The summed E-state index contributed by atoms with van der Waals surface area (Å²) in [5.74, 6) is -4.17. The predicted octanol–water partition coefficient (Wildman–Crippen LogP) is 6.15. The van der Waals surface area contributed by atoms with E-state index in [0.717, 1.165) is 44.5 Å². The van der Waals surface area contributed by atoms with Crippen LogP contribution >= 0.6 is 11.6 Å². The monoisotopic (exact) mass is 500 g/mol. The molecule has 1 heterocycles. The second-order valence-corrected chi connectivity index (χ2v) is 9.37. The molecule has 1 amide bonds. The Morgan fingerprint density at radius 2 is 1.49 bits per heavy atom. The molecule has 0 unspecified atom stereocenters. The van der Waals surface area contributed by atoms with E-state index < -0.39 is 28.9 Å². The molecule has 1 fully saturated rings. The lowest BCUT2D eigenvalue weighted by atomic mass is 10.00. The van der Waals surface area contributed by atoms with Crippen molar-refractivity contribution in [3.05, 3.63) is 106 Å². The Morgan fingerprint density at radius 1 is 0.857 bits per heavy atom. The van der Waals surface area contributed by atoms with Crippen LogP contribution < -0.4 is 0 Å². The predicted molar refractivity (Wildman–Crippen MR) is 132 cm³/mol. The molecule has 0 atom stereocenters. The number of carbonyl (C=O) groups excluding carboxylic acids is 1. The largest absolute Gasteiger partial charge is 0.335 e. The average Bonchev–Trinajstić information content (AvgIpc) is 2.87. The van der Waals surface area contributed by atoms with Crippen LogP contribution in [0.5, 0.6) is 0 Å². The second-order valence-electron chi connectivity index (χ2n) is 8.93. The highest BCUT2D eigenvalue weighted by molar-refractivity contribution is 6.30. The fourth-order valence-electron chi connectivity index (χ4n) is 4.58. The lowest BCUT2D eigenvalue weighted by molar-refractivity contribution is 0.0571. The Bertz CT molecular complexity index is 1130. The van der Waals surface area contributed by atoms with Gasteiger partial charge in [0.25, 0.3) is 5.91 Å². The number of amides is 1. The van der Waals surface area contributed by atoms with Crippen molar-refractivity contribution >= 4 is 17.5 Å². The van der Waals surface area contributed by atoms with E-state index in [1.807, 2.05) is 54.6 Å². The molecule has 7 heteroatoms. The van der Waals surface area contributed by atoms with Gasteiger partial charge in [-0.25, -0.2) is 13.2 Å². The van der Waals surface area contributed by atoms with Gasteiger partial charge in [0.05, 0.1) is 5.56 Å². The van der Waals surface area contributed by atoms with Gasteiger partial charge < -0.3 is 9.80 Å². The quantitative estimate of drug-likeness (QED) is 0.346. The molecule has 4 rings (SSSR count). The number of likely N-dealkylation sites (tertiary alicyclic amines) is 1. The molecule has 0 bridgehead atoms. The summed E-state index contributed by atoms with van der Waals surface area (Å²) in [5.41, 5.74) is 1.84. The van der Waals surface area contributed by atoms with Crippen molar-refractivity contribution in [2.45, 2.75) is 31.7 Å². The van der Waals surface area contributed by atoms with Crippen molar-refractivity contribution < 1.29 is 18.0 Å². The molecule has 184 valence electrons. The molecule has 0 N–H and O–H groups in total. The zero-order chi connectivity index (χ0) is 24.8. The van der Waals surface area contributed by atoms with E-state index in [4.69, 9.17) is 11.6 Å². The fraction of sp³-hybridized carbons (Fsp3) is 0.321. The third-order valence-electron chi connectivity index (χ3n) is 6.61. The van der Waals surface area contributed by atoms with Gasteiger partial charge in [-0.1, -0.05) is 54.1 Å². The molecule has 3 aromatic rings. The van der Waals surface area contributed by atoms with Crippen LogP contribution in [0.3, 0.4) is 0 Å². The van der Waals surface area contributed by atoms with Gasteiger partial charge >= 0.3 is 0 Å². The number of hydrogen-bond acceptors (Lipinski definition) is 2. The zero-order valence-corrected chi connectivity index (χ0v) is 20.2. The summed E-state index contributed by atoms with van der Waals surface area (Å²) in [6, 6.07) is 18.5. The molecule has 3 nitrogen and oxygen atoms in total. The van der Waals surface area contributed by atoms with Crippen LogP contribution in [0.1, 0.15) is 34.3 Å². The van der Waals surface area contributed by atoms with E-state index in [2.05, 4.69) is 4.90 Å². The van der Waals surface area contributed by atoms with Crippen LogP contribution in [0, 0.1) is 17.5 Å². The molecule has 0 saturated carbocycles. The minimum Gasteiger partial charge on any atom is -0.335 e. The topological polar surface area (TPSA) is 23.6 Å². The van der Waals surface area contributed by atoms with E-state index in [9.17, 15) is 18.0 Å². The summed E-state index contributed by atoms with van der Waals surface area (Å²) in [4.78, 5) is 17.3. The number of carbonyl (C=O) groups is 1. The van der Waals surface area contributed by atoms with Crippen LogP contribution in [0.25, 0.3) is 0 Å². The van der Waals surface area contributed by atoms with E-state index >= 15 is 0 Å². The van der Waals surface area contributed by atoms with Crippen molar-refractivity contribution in [1.82, 2.24) is 9.80 Å². The van der Waals surface area contributed by atoms with Crippen LogP contribution in [0.4, 0.5) is 13.2 Å². The molecule has 3 aromatic carbocycles. The summed E-state index contributed by atoms with van der Waals surface area (Å²) >= 11 is 5.96. The number of piperidine rings is 1. The Kier molecular flexibility index (Phi) is 8.47. The van der Waals surface area contributed by atoms with Gasteiger partial charge in [-0.2, -0.15) is 0 Å². The normalized spacial score (nSPS) is 14.7. The van der Waals surface area contributed by atoms with E-state index in [1.165, 1.54) is 5.56 Å². The number of rotatable bonds is 8. The first-order chi connectivity index (χ1) is 16.9. The van der Waals surface area contributed by atoms with Gasteiger partial charge in [-0.15, -0.1) is 0 Å². The zero-order valence-electron chi connectivity index (χ0n) is 19.4. The molecule has 1 aliphatic heterocycles. The van der Waals surface area contributed by atoms with Crippen LogP contribution in [-0.2, 0) is 12.8 Å². The number of benzene rings is 3. The SMILES string of the molecule is O=C(c1cc(F)c(F)cc1F)N(CCc1ccccc1)C1CCN(CCc2ccc(Cl)cc2)CC1. The molecule has 0 radical (unpaired) electrons. The third kappa shape index (κ3) is 6.65. The highest BCUT2D eigenvalue weighted by Gasteiger charge is 2.30. The highest BCUT2D eigenvalue weighted by Crippen LogP contribution is 2.23. The summed E-state index contributed by atoms with van der Waals surface area (Å²) < 4.78 is 41.8. The maximum Gasteiger partial charge on any atom is 0.257 e. The molecule has 35 heavy (non-hydrogen) atoms. The molecule has 1 saturated heterocycles. The van der Waals surface area contributed by atoms with Gasteiger partial charge in [0, 0.05) is 43.3 Å². The van der Waals surface area contributed by atoms with Crippen LogP contribution in [0.2, 0.25) is 5.02 Å². The van der Waals surface area contributed by atoms with Crippen molar-refractivity contribution in [3.63, 3.8) is 0 Å². The first-order valence-corrected chi connectivity index (χ1v) is 12.2. The smallest absolute Gasteiger partial charge is 0.257 e. The first-order valence-electron chi connectivity index (χ1n) is 11.9. The molecule has 0 spiro atoms. The minimum atomic E-state index is -1.30.